The Kier molecular flexibility index (Phi) is 8.34. The van der Waals surface area contributed by atoms with E-state index in [0.29, 0.717) is 18.7 Å². The Hall–Kier alpha value is -2.79. The molecule has 6 heteroatoms. The molecule has 5 nitrogen and oxygen atoms in total. The van der Waals surface area contributed by atoms with E-state index in [1.165, 1.54) is 0 Å². The molecule has 3 rings (SSSR count). The lowest BCUT2D eigenvalue weighted by molar-refractivity contribution is -0.117. The van der Waals surface area contributed by atoms with E-state index in [2.05, 4.69) is 28.6 Å². The Morgan fingerprint density at radius 3 is 2.59 bits per heavy atom. The Morgan fingerprint density at radius 2 is 1.88 bits per heavy atom. The third-order valence-electron chi connectivity index (χ3n) is 5.48. The zero-order valence-corrected chi connectivity index (χ0v) is 20.0. The first-order valence-corrected chi connectivity index (χ1v) is 11.5. The summed E-state index contributed by atoms with van der Waals surface area (Å²) in [7, 11) is 0. The number of rotatable bonds is 11. The second-order valence-electron chi connectivity index (χ2n) is 8.23. The summed E-state index contributed by atoms with van der Waals surface area (Å²) < 4.78 is 8.30. The number of aromatic nitrogens is 2. The van der Waals surface area contributed by atoms with Crippen molar-refractivity contribution in [2.45, 2.75) is 53.0 Å². The fourth-order valence-electron chi connectivity index (χ4n) is 3.75. The van der Waals surface area contributed by atoms with E-state index in [4.69, 9.17) is 21.3 Å². The molecule has 32 heavy (non-hydrogen) atoms. The molecular weight excluding hydrogens is 422 g/mol. The zero-order valence-electron chi connectivity index (χ0n) is 19.2. The van der Waals surface area contributed by atoms with Crippen LogP contribution in [0, 0.1) is 13.8 Å². The first-order chi connectivity index (χ1) is 15.4. The smallest absolute Gasteiger partial charge is 0.246 e. The monoisotopic (exact) mass is 453 g/mol. The quantitative estimate of drug-likeness (QED) is 0.295. The van der Waals surface area contributed by atoms with E-state index in [1.807, 2.05) is 38.1 Å². The summed E-state index contributed by atoms with van der Waals surface area (Å²) in [5, 5.41) is 3.68. The summed E-state index contributed by atoms with van der Waals surface area (Å²) in [5.74, 6) is 1.84. The van der Waals surface area contributed by atoms with Gasteiger partial charge in [-0.15, -0.1) is 0 Å². The normalized spacial score (nSPS) is 11.0. The van der Waals surface area contributed by atoms with E-state index >= 15 is 0 Å². The van der Waals surface area contributed by atoms with Crippen LogP contribution in [0.2, 0.25) is 5.02 Å². The number of nitrogens with zero attached hydrogens (tertiary/aromatic N) is 2. The highest BCUT2D eigenvalue weighted by molar-refractivity contribution is 6.32. The van der Waals surface area contributed by atoms with E-state index in [9.17, 15) is 4.79 Å². The van der Waals surface area contributed by atoms with E-state index in [-0.39, 0.29) is 5.91 Å². The van der Waals surface area contributed by atoms with Crippen LogP contribution in [-0.2, 0) is 17.8 Å². The van der Waals surface area contributed by atoms with Crippen molar-refractivity contribution in [2.24, 2.45) is 0 Å². The minimum atomic E-state index is -0.0714. The van der Waals surface area contributed by atoms with Crippen LogP contribution in [-0.4, -0.2) is 28.6 Å². The maximum absolute atomic E-state index is 11.6. The predicted octanol–water partition coefficient (Wildman–Crippen LogP) is 5.79. The van der Waals surface area contributed by atoms with Crippen molar-refractivity contribution in [1.29, 1.82) is 0 Å². The predicted molar refractivity (Wildman–Crippen MR) is 132 cm³/mol. The summed E-state index contributed by atoms with van der Waals surface area (Å²) in [5.41, 5.74) is 4.73. The van der Waals surface area contributed by atoms with Gasteiger partial charge in [0.1, 0.15) is 18.2 Å². The molecule has 1 amide bonds. The molecule has 1 N–H and O–H groups in total. The summed E-state index contributed by atoms with van der Waals surface area (Å²) in [6.45, 7) is 11.3. The van der Waals surface area contributed by atoms with Gasteiger partial charge in [0, 0.05) is 23.6 Å². The summed E-state index contributed by atoms with van der Waals surface area (Å²) >= 11 is 6.27. The van der Waals surface area contributed by atoms with Gasteiger partial charge >= 0.3 is 0 Å². The van der Waals surface area contributed by atoms with Crippen molar-refractivity contribution in [3.63, 3.8) is 0 Å². The number of para-hydroxylation sites is 2. The van der Waals surface area contributed by atoms with Crippen molar-refractivity contribution in [3.8, 4) is 5.75 Å². The molecule has 0 aliphatic rings. The average molecular weight is 454 g/mol. The number of imidazole rings is 1. The molecule has 0 aliphatic heterocycles. The van der Waals surface area contributed by atoms with Gasteiger partial charge in [-0.05, 0) is 69.0 Å². The number of benzene rings is 2. The van der Waals surface area contributed by atoms with Gasteiger partial charge in [-0.2, -0.15) is 0 Å². The molecule has 0 radical (unpaired) electrons. The summed E-state index contributed by atoms with van der Waals surface area (Å²) in [4.78, 5) is 16.4. The molecule has 1 aromatic heterocycles. The zero-order chi connectivity index (χ0) is 23.1. The first kappa shape index (κ1) is 23.9. The van der Waals surface area contributed by atoms with E-state index < -0.39 is 0 Å². The summed E-state index contributed by atoms with van der Waals surface area (Å²) in [6.07, 6.45) is 3.88. The fourth-order valence-corrected chi connectivity index (χ4v) is 3.86. The van der Waals surface area contributed by atoms with Crippen LogP contribution in [0.1, 0.15) is 43.1 Å². The first-order valence-electron chi connectivity index (χ1n) is 11.1. The number of carbonyl (C=O) groups excluding carboxylic acids is 1. The van der Waals surface area contributed by atoms with Gasteiger partial charge < -0.3 is 14.6 Å². The molecule has 0 saturated carbocycles. The molecule has 0 aliphatic carbocycles. The minimum Gasteiger partial charge on any atom is -0.492 e. The number of halogens is 1. The summed E-state index contributed by atoms with van der Waals surface area (Å²) in [6, 6.07) is 12.2. The maximum Gasteiger partial charge on any atom is 0.246 e. The fraction of sp³-hybridized carbons (Fsp3) is 0.385. The molecule has 0 bridgehead atoms. The number of hydrogen-bond acceptors (Lipinski definition) is 3. The number of aryl methyl sites for hydroxylation is 3. The molecule has 0 unspecified atom stereocenters. The van der Waals surface area contributed by atoms with E-state index in [1.54, 1.807) is 6.92 Å². The highest BCUT2D eigenvalue weighted by Gasteiger charge is 2.11. The lowest BCUT2D eigenvalue weighted by Crippen LogP contribution is -2.24. The Balaban J connectivity index is 1.58. The molecular formula is C26H32ClN3O2. The van der Waals surface area contributed by atoms with Crippen molar-refractivity contribution in [2.75, 3.05) is 13.2 Å². The number of nitrogens with one attached hydrogen (secondary N) is 1. The molecule has 3 aromatic rings. The van der Waals surface area contributed by atoms with Gasteiger partial charge in [0.05, 0.1) is 17.6 Å². The topological polar surface area (TPSA) is 56.2 Å². The molecule has 170 valence electrons. The minimum absolute atomic E-state index is 0.0714. The van der Waals surface area contributed by atoms with Gasteiger partial charge in [-0.3, -0.25) is 4.79 Å². The Morgan fingerprint density at radius 1 is 1.16 bits per heavy atom. The highest BCUT2D eigenvalue weighted by atomic mass is 35.5. The third-order valence-corrected chi connectivity index (χ3v) is 6.07. The van der Waals surface area contributed by atoms with Crippen LogP contribution in [0.15, 0.2) is 48.6 Å². The van der Waals surface area contributed by atoms with E-state index in [0.717, 1.165) is 71.0 Å². The number of carbonyl (C=O) groups is 1. The molecule has 0 atom stereocenters. The van der Waals surface area contributed by atoms with Gasteiger partial charge in [0.15, 0.2) is 0 Å². The molecule has 2 aromatic carbocycles. The molecule has 0 fully saturated rings. The van der Waals surface area contributed by atoms with Gasteiger partial charge in [0.25, 0.3) is 0 Å². The van der Waals surface area contributed by atoms with Crippen LogP contribution < -0.4 is 10.1 Å². The number of ether oxygens (including phenoxy) is 1. The van der Waals surface area contributed by atoms with Crippen molar-refractivity contribution in [1.82, 2.24) is 14.9 Å². The van der Waals surface area contributed by atoms with Gasteiger partial charge in [-0.25, -0.2) is 4.98 Å². The molecule has 1 heterocycles. The number of unbranched alkanes of at least 4 members (excludes halogenated alkanes) is 2. The second kappa shape index (κ2) is 11.2. The van der Waals surface area contributed by atoms with Crippen molar-refractivity contribution in [3.05, 3.63) is 70.5 Å². The van der Waals surface area contributed by atoms with Gasteiger partial charge in [0.2, 0.25) is 5.91 Å². The Bertz CT molecular complexity index is 1080. The second-order valence-corrected chi connectivity index (χ2v) is 8.61. The maximum atomic E-state index is 11.6. The lowest BCUT2D eigenvalue weighted by Gasteiger charge is -2.13. The highest BCUT2D eigenvalue weighted by Crippen LogP contribution is 2.26. The number of amides is 1. The SMILES string of the molecule is C=C(C)C(=O)NCCCCCc1nc2ccccc2n1CCOc1cc(C)c(Cl)c(C)c1. The lowest BCUT2D eigenvalue weighted by atomic mass is 10.1. The van der Waals surface area contributed by atoms with Crippen LogP contribution in [0.3, 0.4) is 0 Å². The Labute approximate surface area is 195 Å². The van der Waals surface area contributed by atoms with Crippen molar-refractivity contribution >= 4 is 28.5 Å². The number of fused-ring (bicyclic) bond motifs is 1. The van der Waals surface area contributed by atoms with Gasteiger partial charge in [-0.1, -0.05) is 36.7 Å². The molecule has 0 spiro atoms. The average Bonchev–Trinajstić information content (AvgIpc) is 3.11. The van der Waals surface area contributed by atoms with Crippen LogP contribution in [0.5, 0.6) is 5.75 Å². The third kappa shape index (κ3) is 6.13. The van der Waals surface area contributed by atoms with Crippen LogP contribution in [0.4, 0.5) is 0 Å². The van der Waals surface area contributed by atoms with Crippen LogP contribution in [0.25, 0.3) is 11.0 Å². The molecule has 0 saturated heterocycles. The number of hydrogen-bond donors (Lipinski definition) is 1. The standard InChI is InChI=1S/C26H32ClN3O2/c1-18(2)26(31)28-13-9-5-6-12-24-29-22-10-7-8-11-23(22)30(24)14-15-32-21-16-19(3)25(27)20(4)17-21/h7-8,10-11,16-17H,1,5-6,9,12-15H2,2-4H3,(H,28,31). The van der Waals surface area contributed by atoms with Crippen molar-refractivity contribution < 1.29 is 9.53 Å². The van der Waals surface area contributed by atoms with Crippen LogP contribution >= 0.6 is 11.6 Å². The largest absolute Gasteiger partial charge is 0.492 e.